The van der Waals surface area contributed by atoms with Crippen LogP contribution in [0.3, 0.4) is 0 Å². The van der Waals surface area contributed by atoms with Crippen LogP contribution in [0.15, 0.2) is 79.3 Å². The Morgan fingerprint density at radius 2 is 1.56 bits per heavy atom. The highest BCUT2D eigenvalue weighted by Crippen LogP contribution is 2.34. The zero-order valence-electron chi connectivity index (χ0n) is 23.3. The van der Waals surface area contributed by atoms with Crippen molar-refractivity contribution in [3.8, 4) is 33.6 Å². The van der Waals surface area contributed by atoms with Gasteiger partial charge in [-0.25, -0.2) is 4.98 Å². The zero-order valence-corrected chi connectivity index (χ0v) is 23.3. The molecule has 1 aliphatic carbocycles. The number of pyridine rings is 3. The summed E-state index contributed by atoms with van der Waals surface area (Å²) in [5.74, 6) is 0.986. The van der Waals surface area contributed by atoms with Gasteiger partial charge in [-0.15, -0.1) is 0 Å². The minimum atomic E-state index is 0.575. The zero-order chi connectivity index (χ0) is 26.8. The average Bonchev–Trinajstić information content (AvgIpc) is 3.84. The number of rotatable bonds is 8. The highest BCUT2D eigenvalue weighted by atomic mass is 15.3. The van der Waals surface area contributed by atoms with Crippen molar-refractivity contribution in [2.75, 3.05) is 38.1 Å². The molecule has 4 aromatic rings. The molecule has 0 atom stereocenters. The first-order valence-corrected chi connectivity index (χ1v) is 14.2. The van der Waals surface area contributed by atoms with Crippen LogP contribution in [-0.4, -0.2) is 70.1 Å². The standard InChI is InChI=1S/C33H38N6/c1-24(2)39-16-14-38(15-17-39)23-25-7-9-26(10-8-25)28-18-29(22-34-21-28)27-19-32(31-6-4-5-13-35-31)36-33(20-27)37(3)30-11-12-30/h4-10,13,18-22,24,30H,11-12,14-17,23H2,1-3H3. The summed E-state index contributed by atoms with van der Waals surface area (Å²) in [6.07, 6.45) is 8.19. The first kappa shape index (κ1) is 25.7. The van der Waals surface area contributed by atoms with E-state index in [1.54, 1.807) is 0 Å². The van der Waals surface area contributed by atoms with Crippen LogP contribution in [0.2, 0.25) is 0 Å². The van der Waals surface area contributed by atoms with Crippen LogP contribution in [0.1, 0.15) is 32.3 Å². The summed E-state index contributed by atoms with van der Waals surface area (Å²) in [4.78, 5) is 21.6. The summed E-state index contributed by atoms with van der Waals surface area (Å²) >= 11 is 0. The molecule has 200 valence electrons. The maximum Gasteiger partial charge on any atom is 0.129 e. The fourth-order valence-electron chi connectivity index (χ4n) is 5.41. The van der Waals surface area contributed by atoms with Crippen molar-refractivity contribution in [2.45, 2.75) is 45.3 Å². The monoisotopic (exact) mass is 518 g/mol. The summed E-state index contributed by atoms with van der Waals surface area (Å²) in [5, 5.41) is 0. The van der Waals surface area contributed by atoms with Crippen molar-refractivity contribution in [1.29, 1.82) is 0 Å². The molecule has 1 aromatic carbocycles. The molecule has 0 unspecified atom stereocenters. The van der Waals surface area contributed by atoms with Crippen molar-refractivity contribution in [3.63, 3.8) is 0 Å². The molecule has 0 spiro atoms. The number of hydrogen-bond donors (Lipinski definition) is 0. The average molecular weight is 519 g/mol. The van der Waals surface area contributed by atoms with Gasteiger partial charge in [0.1, 0.15) is 5.82 Å². The van der Waals surface area contributed by atoms with E-state index in [9.17, 15) is 0 Å². The summed E-state index contributed by atoms with van der Waals surface area (Å²) in [6, 6.07) is 22.8. The second kappa shape index (κ2) is 11.2. The van der Waals surface area contributed by atoms with Crippen LogP contribution in [0.25, 0.3) is 33.6 Å². The molecule has 3 aromatic heterocycles. The van der Waals surface area contributed by atoms with Crippen LogP contribution in [0.4, 0.5) is 5.82 Å². The highest BCUT2D eigenvalue weighted by molar-refractivity contribution is 5.76. The lowest BCUT2D eigenvalue weighted by Crippen LogP contribution is -2.48. The first-order valence-electron chi connectivity index (χ1n) is 14.2. The van der Waals surface area contributed by atoms with Crippen molar-refractivity contribution < 1.29 is 0 Å². The van der Waals surface area contributed by atoms with E-state index in [0.717, 1.165) is 66.6 Å². The molecule has 2 aliphatic rings. The highest BCUT2D eigenvalue weighted by Gasteiger charge is 2.28. The molecule has 2 fully saturated rings. The number of piperazine rings is 1. The topological polar surface area (TPSA) is 48.4 Å². The second-order valence-corrected chi connectivity index (χ2v) is 11.2. The van der Waals surface area contributed by atoms with Crippen molar-refractivity contribution in [2.24, 2.45) is 0 Å². The van der Waals surface area contributed by atoms with Gasteiger partial charge in [0.2, 0.25) is 0 Å². The Labute approximate surface area is 232 Å². The van der Waals surface area contributed by atoms with E-state index >= 15 is 0 Å². The largest absolute Gasteiger partial charge is 0.357 e. The Kier molecular flexibility index (Phi) is 7.40. The fraction of sp³-hybridized carbons (Fsp3) is 0.364. The summed E-state index contributed by atoms with van der Waals surface area (Å²) in [5.41, 5.74) is 7.65. The van der Waals surface area contributed by atoms with Crippen molar-refractivity contribution in [1.82, 2.24) is 24.8 Å². The van der Waals surface area contributed by atoms with E-state index in [-0.39, 0.29) is 0 Å². The Bertz CT molecular complexity index is 1390. The van der Waals surface area contributed by atoms with Crippen molar-refractivity contribution in [3.05, 3.63) is 84.8 Å². The molecule has 6 nitrogen and oxygen atoms in total. The van der Waals surface area contributed by atoms with E-state index in [1.807, 2.05) is 36.8 Å². The predicted molar refractivity (Wildman–Crippen MR) is 160 cm³/mol. The van der Waals surface area contributed by atoms with Gasteiger partial charge in [-0.3, -0.25) is 19.8 Å². The quantitative estimate of drug-likeness (QED) is 0.285. The summed E-state index contributed by atoms with van der Waals surface area (Å²) in [7, 11) is 2.15. The number of anilines is 1. The van der Waals surface area contributed by atoms with Gasteiger partial charge < -0.3 is 4.90 Å². The predicted octanol–water partition coefficient (Wildman–Crippen LogP) is 6.00. The van der Waals surface area contributed by atoms with Gasteiger partial charge in [0.25, 0.3) is 0 Å². The lowest BCUT2D eigenvalue weighted by molar-refractivity contribution is 0.104. The molecule has 1 aliphatic heterocycles. The minimum Gasteiger partial charge on any atom is -0.357 e. The van der Waals surface area contributed by atoms with Crippen LogP contribution in [0.5, 0.6) is 0 Å². The Hall–Kier alpha value is -3.61. The molecule has 0 radical (unpaired) electrons. The molecule has 0 bridgehead atoms. The summed E-state index contributed by atoms with van der Waals surface area (Å²) < 4.78 is 0. The Balaban J connectivity index is 1.23. The van der Waals surface area contributed by atoms with Gasteiger partial charge in [0, 0.05) is 81.6 Å². The van der Waals surface area contributed by atoms with Gasteiger partial charge in [-0.1, -0.05) is 30.3 Å². The van der Waals surface area contributed by atoms with E-state index in [4.69, 9.17) is 4.98 Å². The smallest absolute Gasteiger partial charge is 0.129 e. The number of benzene rings is 1. The molecule has 0 amide bonds. The van der Waals surface area contributed by atoms with Crippen LogP contribution in [0, 0.1) is 0 Å². The molecule has 0 N–H and O–H groups in total. The van der Waals surface area contributed by atoms with Gasteiger partial charge >= 0.3 is 0 Å². The molecule has 6 heteroatoms. The fourth-order valence-corrected chi connectivity index (χ4v) is 5.41. The molecule has 4 heterocycles. The third-order valence-electron chi connectivity index (χ3n) is 8.10. The van der Waals surface area contributed by atoms with Crippen LogP contribution >= 0.6 is 0 Å². The minimum absolute atomic E-state index is 0.575. The third-order valence-corrected chi connectivity index (χ3v) is 8.10. The van der Waals surface area contributed by atoms with Gasteiger partial charge in [-0.2, -0.15) is 0 Å². The lowest BCUT2D eigenvalue weighted by atomic mass is 10.0. The van der Waals surface area contributed by atoms with Gasteiger partial charge in [0.05, 0.1) is 11.4 Å². The second-order valence-electron chi connectivity index (χ2n) is 11.2. The van der Waals surface area contributed by atoms with Gasteiger partial charge in [0.15, 0.2) is 0 Å². The van der Waals surface area contributed by atoms with Gasteiger partial charge in [-0.05, 0) is 73.7 Å². The number of hydrogen-bond acceptors (Lipinski definition) is 6. The molecule has 1 saturated heterocycles. The number of aromatic nitrogens is 3. The number of nitrogens with zero attached hydrogens (tertiary/aromatic N) is 6. The van der Waals surface area contributed by atoms with Crippen molar-refractivity contribution >= 4 is 5.82 Å². The SMILES string of the molecule is CC(C)N1CCN(Cc2ccc(-c3cncc(-c4cc(-c5ccccn5)nc(N(C)C5CC5)c4)c3)cc2)CC1. The summed E-state index contributed by atoms with van der Waals surface area (Å²) in [6.45, 7) is 10.2. The maximum atomic E-state index is 4.98. The van der Waals surface area contributed by atoms with E-state index in [2.05, 4.69) is 88.0 Å². The van der Waals surface area contributed by atoms with E-state index in [1.165, 1.54) is 24.0 Å². The Morgan fingerprint density at radius 3 is 2.23 bits per heavy atom. The maximum absolute atomic E-state index is 4.98. The Morgan fingerprint density at radius 1 is 0.821 bits per heavy atom. The van der Waals surface area contributed by atoms with E-state index < -0.39 is 0 Å². The first-order chi connectivity index (χ1) is 19.0. The lowest BCUT2D eigenvalue weighted by Gasteiger charge is -2.36. The molecule has 1 saturated carbocycles. The molecule has 6 rings (SSSR count). The molecular formula is C33H38N6. The normalized spacial score (nSPS) is 16.5. The van der Waals surface area contributed by atoms with Crippen LogP contribution in [-0.2, 0) is 6.54 Å². The third kappa shape index (κ3) is 6.02. The van der Waals surface area contributed by atoms with E-state index in [0.29, 0.717) is 12.1 Å². The molecule has 39 heavy (non-hydrogen) atoms. The molecular weight excluding hydrogens is 480 g/mol. The van der Waals surface area contributed by atoms with Crippen LogP contribution < -0.4 is 4.90 Å².